The van der Waals surface area contributed by atoms with E-state index in [2.05, 4.69) is 63.6 Å². The molecule has 1 aromatic heterocycles. The van der Waals surface area contributed by atoms with Gasteiger partial charge in [0.15, 0.2) is 5.96 Å². The van der Waals surface area contributed by atoms with Gasteiger partial charge in [-0.25, -0.2) is 0 Å². The summed E-state index contributed by atoms with van der Waals surface area (Å²) in [6.07, 6.45) is 6.01. The highest BCUT2D eigenvalue weighted by Gasteiger charge is 2.15. The molecule has 0 radical (unpaired) electrons. The number of rotatable bonds is 9. The van der Waals surface area contributed by atoms with Crippen LogP contribution in [-0.2, 0) is 6.54 Å². The number of aliphatic hydroxyl groups excluding tert-OH is 1. The van der Waals surface area contributed by atoms with Gasteiger partial charge in [0, 0.05) is 51.0 Å². The molecule has 2 heterocycles. The van der Waals surface area contributed by atoms with Gasteiger partial charge in [-0.2, -0.15) is 0 Å². The maximum absolute atomic E-state index is 9.58. The molecule has 1 aliphatic rings. The summed E-state index contributed by atoms with van der Waals surface area (Å²) in [6.45, 7) is 8.81. The van der Waals surface area contributed by atoms with Gasteiger partial charge in [-0.15, -0.1) is 0 Å². The number of benzene rings is 1. The van der Waals surface area contributed by atoms with Crippen LogP contribution in [0.5, 0.6) is 0 Å². The van der Waals surface area contributed by atoms with E-state index in [4.69, 9.17) is 4.99 Å². The second kappa shape index (κ2) is 11.1. The number of piperidine rings is 1. The molecule has 0 unspecified atom stereocenters. The highest BCUT2D eigenvalue weighted by Crippen LogP contribution is 2.15. The summed E-state index contributed by atoms with van der Waals surface area (Å²) in [5.74, 6) is 0.911. The van der Waals surface area contributed by atoms with Crippen LogP contribution in [-0.4, -0.2) is 65.9 Å². The first-order valence-corrected chi connectivity index (χ1v) is 10.7. The average molecular weight is 386 g/mol. The Morgan fingerprint density at radius 1 is 1.11 bits per heavy atom. The number of hydrogen-bond donors (Lipinski definition) is 3. The zero-order chi connectivity index (χ0) is 19.6. The molecule has 154 valence electrons. The lowest BCUT2D eigenvalue weighted by molar-refractivity contribution is 0.0823. The zero-order valence-corrected chi connectivity index (χ0v) is 17.1. The van der Waals surface area contributed by atoms with E-state index in [0.717, 1.165) is 77.5 Å². The van der Waals surface area contributed by atoms with Crippen LogP contribution in [0.4, 0.5) is 0 Å². The number of aliphatic imine (C=N–C) groups is 1. The molecule has 1 aromatic carbocycles. The molecule has 2 aromatic rings. The summed E-state index contributed by atoms with van der Waals surface area (Å²) < 4.78 is 2.31. The third-order valence-corrected chi connectivity index (χ3v) is 5.35. The largest absolute Gasteiger partial charge is 0.393 e. The van der Waals surface area contributed by atoms with Crippen LogP contribution in [0.2, 0.25) is 0 Å². The molecule has 1 aliphatic heterocycles. The van der Waals surface area contributed by atoms with E-state index in [1.807, 2.05) is 0 Å². The minimum Gasteiger partial charge on any atom is -0.393 e. The molecule has 3 rings (SSSR count). The number of aromatic nitrogens is 1. The molecule has 6 nitrogen and oxygen atoms in total. The van der Waals surface area contributed by atoms with Crippen molar-refractivity contribution in [3.63, 3.8) is 0 Å². The van der Waals surface area contributed by atoms with Crippen molar-refractivity contribution >= 4 is 16.9 Å². The van der Waals surface area contributed by atoms with Crippen LogP contribution in [0.1, 0.15) is 32.6 Å². The zero-order valence-electron chi connectivity index (χ0n) is 17.1. The quantitative estimate of drug-likeness (QED) is 0.352. The lowest BCUT2D eigenvalue weighted by Crippen LogP contribution is -2.40. The van der Waals surface area contributed by atoms with Gasteiger partial charge < -0.3 is 25.2 Å². The van der Waals surface area contributed by atoms with Crippen LogP contribution >= 0.6 is 0 Å². The second-order valence-electron chi connectivity index (χ2n) is 7.54. The number of nitrogens with one attached hydrogen (secondary N) is 2. The van der Waals surface area contributed by atoms with E-state index < -0.39 is 0 Å². The Morgan fingerprint density at radius 3 is 2.75 bits per heavy atom. The van der Waals surface area contributed by atoms with Crippen molar-refractivity contribution in [2.45, 2.75) is 45.3 Å². The molecule has 3 N–H and O–H groups in total. The van der Waals surface area contributed by atoms with Crippen LogP contribution in [0.3, 0.4) is 0 Å². The fourth-order valence-electron chi connectivity index (χ4n) is 3.76. The predicted octanol–water partition coefficient (Wildman–Crippen LogP) is 2.43. The maximum Gasteiger partial charge on any atom is 0.191 e. The highest BCUT2D eigenvalue weighted by molar-refractivity contribution is 5.80. The molecular weight excluding hydrogens is 350 g/mol. The van der Waals surface area contributed by atoms with Crippen LogP contribution < -0.4 is 10.6 Å². The van der Waals surface area contributed by atoms with E-state index in [-0.39, 0.29) is 6.10 Å². The fraction of sp³-hybridized carbons (Fsp3) is 0.591. The minimum atomic E-state index is -0.0913. The van der Waals surface area contributed by atoms with E-state index in [0.29, 0.717) is 0 Å². The van der Waals surface area contributed by atoms with Crippen molar-refractivity contribution in [1.82, 2.24) is 20.1 Å². The molecule has 0 saturated carbocycles. The smallest absolute Gasteiger partial charge is 0.191 e. The van der Waals surface area contributed by atoms with Gasteiger partial charge in [-0.1, -0.05) is 18.2 Å². The molecule has 1 fully saturated rings. The second-order valence-corrected chi connectivity index (χ2v) is 7.54. The lowest BCUT2D eigenvalue weighted by atomic mass is 10.1. The minimum absolute atomic E-state index is 0.0913. The van der Waals surface area contributed by atoms with Gasteiger partial charge in [-0.05, 0) is 56.7 Å². The summed E-state index contributed by atoms with van der Waals surface area (Å²) >= 11 is 0. The third-order valence-electron chi connectivity index (χ3n) is 5.35. The van der Waals surface area contributed by atoms with Gasteiger partial charge in [0.2, 0.25) is 0 Å². The first kappa shape index (κ1) is 20.7. The van der Waals surface area contributed by atoms with Gasteiger partial charge in [0.05, 0.1) is 6.10 Å². The Morgan fingerprint density at radius 2 is 1.93 bits per heavy atom. The average Bonchev–Trinajstić information content (AvgIpc) is 3.13. The molecular formula is C22H35N5O. The first-order valence-electron chi connectivity index (χ1n) is 10.7. The lowest BCUT2D eigenvalue weighted by Gasteiger charge is -2.29. The van der Waals surface area contributed by atoms with Crippen molar-refractivity contribution < 1.29 is 5.11 Å². The summed E-state index contributed by atoms with van der Waals surface area (Å²) in [7, 11) is 0. The third kappa shape index (κ3) is 6.24. The SMILES string of the molecule is CCNC(=NCCCn1ccc2ccccc21)NCCCN1CCC(O)CC1. The number of likely N-dealkylation sites (tertiary alicyclic amines) is 1. The Labute approximate surface area is 168 Å². The number of guanidine groups is 1. The normalized spacial score (nSPS) is 16.6. The summed E-state index contributed by atoms with van der Waals surface area (Å²) in [5.41, 5.74) is 1.29. The fourth-order valence-corrected chi connectivity index (χ4v) is 3.76. The van der Waals surface area contributed by atoms with Crippen molar-refractivity contribution in [3.05, 3.63) is 36.5 Å². The number of para-hydroxylation sites is 1. The van der Waals surface area contributed by atoms with E-state index >= 15 is 0 Å². The number of hydrogen-bond acceptors (Lipinski definition) is 3. The molecule has 0 atom stereocenters. The van der Waals surface area contributed by atoms with Crippen LogP contribution in [0.15, 0.2) is 41.5 Å². The molecule has 0 amide bonds. The number of aryl methyl sites for hydroxylation is 1. The number of fused-ring (bicyclic) bond motifs is 1. The standard InChI is InChI=1S/C22H35N5O/c1-2-23-22(24-12-5-14-26-16-10-20(28)11-17-26)25-13-6-15-27-18-9-19-7-3-4-8-21(19)27/h3-4,7-9,18,20,28H,2,5-6,10-17H2,1H3,(H2,23,24,25). The highest BCUT2D eigenvalue weighted by atomic mass is 16.3. The monoisotopic (exact) mass is 385 g/mol. The van der Waals surface area contributed by atoms with Gasteiger partial charge in [-0.3, -0.25) is 4.99 Å². The predicted molar refractivity (Wildman–Crippen MR) is 117 cm³/mol. The Kier molecular flexibility index (Phi) is 8.18. The van der Waals surface area contributed by atoms with Crippen molar-refractivity contribution in [1.29, 1.82) is 0 Å². The van der Waals surface area contributed by atoms with Crippen molar-refractivity contribution in [3.8, 4) is 0 Å². The Bertz CT molecular complexity index is 733. The Balaban J connectivity index is 1.36. The molecule has 1 saturated heterocycles. The van der Waals surface area contributed by atoms with Gasteiger partial charge in [0.1, 0.15) is 0 Å². The van der Waals surface area contributed by atoms with E-state index in [1.165, 1.54) is 10.9 Å². The van der Waals surface area contributed by atoms with Crippen LogP contribution in [0, 0.1) is 0 Å². The number of aliphatic hydroxyl groups is 1. The van der Waals surface area contributed by atoms with Crippen LogP contribution in [0.25, 0.3) is 10.9 Å². The summed E-state index contributed by atoms with van der Waals surface area (Å²) in [6, 6.07) is 10.7. The molecule has 0 spiro atoms. The molecule has 6 heteroatoms. The van der Waals surface area contributed by atoms with E-state index in [9.17, 15) is 5.11 Å². The van der Waals surface area contributed by atoms with Crippen molar-refractivity contribution in [2.24, 2.45) is 4.99 Å². The topological polar surface area (TPSA) is 64.8 Å². The molecule has 28 heavy (non-hydrogen) atoms. The summed E-state index contributed by atoms with van der Waals surface area (Å²) in [5, 5.41) is 17.7. The molecule has 0 bridgehead atoms. The number of nitrogens with zero attached hydrogens (tertiary/aromatic N) is 3. The van der Waals surface area contributed by atoms with Gasteiger partial charge >= 0.3 is 0 Å². The van der Waals surface area contributed by atoms with E-state index in [1.54, 1.807) is 0 Å². The first-order chi connectivity index (χ1) is 13.8. The Hall–Kier alpha value is -2.05. The summed E-state index contributed by atoms with van der Waals surface area (Å²) in [4.78, 5) is 7.17. The van der Waals surface area contributed by atoms with Crippen molar-refractivity contribution in [2.75, 3.05) is 39.3 Å². The molecule has 0 aliphatic carbocycles. The van der Waals surface area contributed by atoms with Gasteiger partial charge in [0.25, 0.3) is 0 Å². The maximum atomic E-state index is 9.58.